The number of hydrogen-bond donors (Lipinski definition) is 0. The molecule has 0 aliphatic carbocycles. The van der Waals surface area contributed by atoms with Gasteiger partial charge in [-0.15, -0.1) is 11.3 Å². The van der Waals surface area contributed by atoms with Gasteiger partial charge < -0.3 is 9.80 Å². The van der Waals surface area contributed by atoms with Gasteiger partial charge in [-0.3, -0.25) is 4.79 Å². The highest BCUT2D eigenvalue weighted by Crippen LogP contribution is 2.29. The third-order valence-electron chi connectivity index (χ3n) is 5.59. The van der Waals surface area contributed by atoms with E-state index in [2.05, 4.69) is 4.90 Å². The van der Waals surface area contributed by atoms with E-state index in [4.69, 9.17) is 39.9 Å². The molecule has 4 aromatic rings. The van der Waals surface area contributed by atoms with Gasteiger partial charge in [0.2, 0.25) is 0 Å². The molecule has 1 fully saturated rings. The maximum Gasteiger partial charge on any atom is 0.272 e. The summed E-state index contributed by atoms with van der Waals surface area (Å²) in [6, 6.07) is 18.8. The van der Waals surface area contributed by atoms with Crippen molar-refractivity contribution in [2.45, 2.75) is 0 Å². The van der Waals surface area contributed by atoms with E-state index in [0.717, 1.165) is 29.3 Å². The number of nitrogens with zero attached hydrogens (tertiary/aromatic N) is 4. The lowest BCUT2D eigenvalue weighted by Crippen LogP contribution is -2.49. The van der Waals surface area contributed by atoms with Gasteiger partial charge in [-0.2, -0.15) is 5.10 Å². The summed E-state index contributed by atoms with van der Waals surface area (Å²) in [6.45, 7) is 2.66. The molecule has 0 atom stereocenters. The van der Waals surface area contributed by atoms with E-state index in [0.29, 0.717) is 39.5 Å². The Hall–Kier alpha value is -2.51. The number of amides is 1. The van der Waals surface area contributed by atoms with E-state index in [1.54, 1.807) is 28.2 Å². The fourth-order valence-electron chi connectivity index (χ4n) is 3.89. The van der Waals surface area contributed by atoms with Crippen molar-refractivity contribution in [1.29, 1.82) is 0 Å². The Morgan fingerprint density at radius 2 is 1.67 bits per heavy atom. The zero-order valence-electron chi connectivity index (χ0n) is 17.4. The van der Waals surface area contributed by atoms with E-state index in [9.17, 15) is 4.79 Å². The van der Waals surface area contributed by atoms with Crippen molar-refractivity contribution in [3.63, 3.8) is 0 Å². The maximum absolute atomic E-state index is 13.6. The van der Waals surface area contributed by atoms with Gasteiger partial charge in [0.05, 0.1) is 20.6 Å². The van der Waals surface area contributed by atoms with Gasteiger partial charge in [0.15, 0.2) is 0 Å². The molecule has 1 amide bonds. The molecular formula is C24H19Cl3N4OS. The quantitative estimate of drug-likeness (QED) is 0.309. The number of halogens is 3. The molecule has 168 valence electrons. The van der Waals surface area contributed by atoms with Crippen LogP contribution in [0.3, 0.4) is 0 Å². The summed E-state index contributed by atoms with van der Waals surface area (Å²) in [5.74, 6) is -0.0675. The highest BCUT2D eigenvalue weighted by Gasteiger charge is 2.27. The highest BCUT2D eigenvalue weighted by atomic mass is 35.5. The molecule has 0 bridgehead atoms. The first kappa shape index (κ1) is 22.3. The number of hydrogen-bond acceptors (Lipinski definition) is 4. The summed E-state index contributed by atoms with van der Waals surface area (Å²) in [6.07, 6.45) is 0. The number of piperazine rings is 1. The van der Waals surface area contributed by atoms with Crippen molar-refractivity contribution in [2.75, 3.05) is 31.1 Å². The lowest BCUT2D eigenvalue weighted by Gasteiger charge is -2.36. The van der Waals surface area contributed by atoms with E-state index in [1.807, 2.05) is 58.8 Å². The summed E-state index contributed by atoms with van der Waals surface area (Å²) in [5.41, 5.74) is 2.99. The molecule has 5 rings (SSSR count). The van der Waals surface area contributed by atoms with Crippen molar-refractivity contribution in [3.8, 4) is 16.3 Å². The number of benzene rings is 2. The maximum atomic E-state index is 13.6. The number of rotatable bonds is 4. The van der Waals surface area contributed by atoms with Gasteiger partial charge in [0.1, 0.15) is 11.4 Å². The van der Waals surface area contributed by atoms with Gasteiger partial charge in [-0.25, -0.2) is 4.68 Å². The number of anilines is 1. The fourth-order valence-corrected chi connectivity index (χ4v) is 5.05. The van der Waals surface area contributed by atoms with Gasteiger partial charge in [-0.05, 0) is 53.9 Å². The Bertz CT molecular complexity index is 1300. The molecule has 5 nitrogen and oxygen atoms in total. The largest absolute Gasteiger partial charge is 0.368 e. The number of carbonyl (C=O) groups is 1. The highest BCUT2D eigenvalue weighted by molar-refractivity contribution is 7.13. The van der Waals surface area contributed by atoms with E-state index in [-0.39, 0.29) is 5.91 Å². The molecule has 1 aliphatic heterocycles. The Morgan fingerprint density at radius 3 is 2.36 bits per heavy atom. The van der Waals surface area contributed by atoms with Gasteiger partial charge in [-0.1, -0.05) is 46.9 Å². The average molecular weight is 518 g/mol. The smallest absolute Gasteiger partial charge is 0.272 e. The van der Waals surface area contributed by atoms with Gasteiger partial charge in [0.25, 0.3) is 5.91 Å². The zero-order valence-corrected chi connectivity index (χ0v) is 20.5. The topological polar surface area (TPSA) is 41.4 Å². The van der Waals surface area contributed by atoms with E-state index < -0.39 is 0 Å². The van der Waals surface area contributed by atoms with Gasteiger partial charge in [0, 0.05) is 36.9 Å². The normalized spacial score (nSPS) is 14.0. The lowest BCUT2D eigenvalue weighted by molar-refractivity contribution is 0.0737. The molecule has 2 aromatic carbocycles. The average Bonchev–Trinajstić information content (AvgIpc) is 3.51. The van der Waals surface area contributed by atoms with Crippen LogP contribution in [0.25, 0.3) is 16.3 Å². The van der Waals surface area contributed by atoms with Crippen LogP contribution in [0.4, 0.5) is 5.69 Å². The minimum atomic E-state index is -0.0675. The molecule has 1 aliphatic rings. The Kier molecular flexibility index (Phi) is 6.34. The van der Waals surface area contributed by atoms with Gasteiger partial charge >= 0.3 is 0 Å². The first-order valence-corrected chi connectivity index (χ1v) is 12.4. The number of thiophene rings is 1. The summed E-state index contributed by atoms with van der Waals surface area (Å²) in [7, 11) is 0. The van der Waals surface area contributed by atoms with Crippen molar-refractivity contribution >= 4 is 57.7 Å². The van der Waals surface area contributed by atoms with Crippen molar-refractivity contribution in [1.82, 2.24) is 14.7 Å². The van der Waals surface area contributed by atoms with E-state index >= 15 is 0 Å². The third kappa shape index (κ3) is 4.62. The second kappa shape index (κ2) is 9.39. The van der Waals surface area contributed by atoms with Crippen LogP contribution in [0.15, 0.2) is 66.0 Å². The summed E-state index contributed by atoms with van der Waals surface area (Å²) >= 11 is 20.1. The second-order valence-electron chi connectivity index (χ2n) is 7.66. The molecule has 9 heteroatoms. The van der Waals surface area contributed by atoms with Crippen LogP contribution < -0.4 is 4.90 Å². The van der Waals surface area contributed by atoms with Crippen LogP contribution >= 0.6 is 46.1 Å². The van der Waals surface area contributed by atoms with Crippen molar-refractivity contribution in [3.05, 3.63) is 86.8 Å². The molecular weight excluding hydrogens is 499 g/mol. The molecule has 2 aromatic heterocycles. The minimum absolute atomic E-state index is 0.0675. The summed E-state index contributed by atoms with van der Waals surface area (Å²) in [4.78, 5) is 18.7. The number of aromatic nitrogens is 2. The standard InChI is InChI=1S/C24H19Cl3N4OS/c25-16-3-1-4-17(13-16)29-8-10-30(11-9-29)24(32)22-15-21(23-5-2-12-33-23)28-31(22)18-6-7-19(26)20(27)14-18/h1-7,12-15H,8-11H2. The molecule has 0 N–H and O–H groups in total. The molecule has 0 unspecified atom stereocenters. The summed E-state index contributed by atoms with van der Waals surface area (Å²) < 4.78 is 1.66. The summed E-state index contributed by atoms with van der Waals surface area (Å²) in [5, 5.41) is 8.30. The van der Waals surface area contributed by atoms with Crippen LogP contribution in [-0.4, -0.2) is 46.8 Å². The van der Waals surface area contributed by atoms with Crippen molar-refractivity contribution in [2.24, 2.45) is 0 Å². The zero-order chi connectivity index (χ0) is 22.9. The first-order valence-electron chi connectivity index (χ1n) is 10.4. The second-order valence-corrected chi connectivity index (χ2v) is 9.86. The van der Waals surface area contributed by atoms with Crippen LogP contribution in [0.2, 0.25) is 15.1 Å². The molecule has 3 heterocycles. The predicted octanol–water partition coefficient (Wildman–Crippen LogP) is 6.52. The third-order valence-corrected chi connectivity index (χ3v) is 7.46. The monoisotopic (exact) mass is 516 g/mol. The Labute approximate surface area is 210 Å². The lowest BCUT2D eigenvalue weighted by atomic mass is 10.2. The van der Waals surface area contributed by atoms with Crippen molar-refractivity contribution < 1.29 is 4.79 Å². The Balaban J connectivity index is 1.43. The SMILES string of the molecule is O=C(c1cc(-c2cccs2)nn1-c1ccc(Cl)c(Cl)c1)N1CCN(c2cccc(Cl)c2)CC1. The first-order chi connectivity index (χ1) is 16.0. The number of carbonyl (C=O) groups excluding carboxylic acids is 1. The fraction of sp³-hybridized carbons (Fsp3) is 0.167. The molecule has 33 heavy (non-hydrogen) atoms. The molecule has 0 saturated carbocycles. The minimum Gasteiger partial charge on any atom is -0.368 e. The molecule has 0 radical (unpaired) electrons. The predicted molar refractivity (Wildman–Crippen MR) is 136 cm³/mol. The van der Waals surface area contributed by atoms with E-state index in [1.165, 1.54) is 0 Å². The molecule has 0 spiro atoms. The van der Waals surface area contributed by atoms with Crippen LogP contribution in [0, 0.1) is 0 Å². The molecule has 1 saturated heterocycles. The Morgan fingerprint density at radius 1 is 0.848 bits per heavy atom. The van der Waals surface area contributed by atoms with Crippen LogP contribution in [0.1, 0.15) is 10.5 Å². The van der Waals surface area contributed by atoms with Crippen LogP contribution in [0.5, 0.6) is 0 Å². The van der Waals surface area contributed by atoms with Crippen LogP contribution in [-0.2, 0) is 0 Å².